The Kier molecular flexibility index (Phi) is 4.42. The minimum Gasteiger partial charge on any atom is -0.480 e. The van der Waals surface area contributed by atoms with Crippen molar-refractivity contribution in [3.63, 3.8) is 0 Å². The average Bonchev–Trinajstić information content (AvgIpc) is 3.17. The van der Waals surface area contributed by atoms with Crippen LogP contribution in [-0.4, -0.2) is 74.0 Å². The lowest BCUT2D eigenvalue weighted by atomic mass is 10.1. The number of fused-ring (bicyclic) bond motifs is 1. The van der Waals surface area contributed by atoms with Crippen molar-refractivity contribution in [2.24, 2.45) is 0 Å². The molecular weight excluding hydrogens is 364 g/mol. The van der Waals surface area contributed by atoms with Crippen molar-refractivity contribution in [1.82, 2.24) is 9.80 Å². The largest absolute Gasteiger partial charge is 0.480 e. The van der Waals surface area contributed by atoms with Gasteiger partial charge < -0.3 is 9.64 Å². The van der Waals surface area contributed by atoms with Gasteiger partial charge in [0.1, 0.15) is 5.75 Å². The van der Waals surface area contributed by atoms with E-state index in [9.17, 15) is 13.2 Å². The standard InChI is InChI=1S/C17H21ClN2O4S/c18-13-1-2-15-12(9-13)10-16(24-15)17(21)20-6-4-19(5-7-20)14-3-8-25(22,23)11-14/h1-2,9,14,16H,3-8,10-11H2/t14-,16+/m0/s1. The summed E-state index contributed by atoms with van der Waals surface area (Å²) >= 11 is 6.00. The Labute approximate surface area is 152 Å². The smallest absolute Gasteiger partial charge is 0.264 e. The number of sulfone groups is 1. The van der Waals surface area contributed by atoms with Crippen molar-refractivity contribution in [3.8, 4) is 5.75 Å². The van der Waals surface area contributed by atoms with Gasteiger partial charge in [0.2, 0.25) is 0 Å². The van der Waals surface area contributed by atoms with Crippen LogP contribution in [0.25, 0.3) is 0 Å². The fourth-order valence-electron chi connectivity index (χ4n) is 3.93. The summed E-state index contributed by atoms with van der Waals surface area (Å²) in [5.74, 6) is 1.28. The number of carbonyl (C=O) groups excluding carboxylic acids is 1. The molecule has 4 rings (SSSR count). The van der Waals surface area contributed by atoms with Gasteiger partial charge in [-0.25, -0.2) is 8.42 Å². The molecule has 8 heteroatoms. The summed E-state index contributed by atoms with van der Waals surface area (Å²) in [6.45, 7) is 2.67. The summed E-state index contributed by atoms with van der Waals surface area (Å²) in [6.07, 6.45) is 0.778. The molecule has 3 aliphatic rings. The number of hydrogen-bond donors (Lipinski definition) is 0. The Hall–Kier alpha value is -1.31. The molecule has 1 aromatic carbocycles. The first kappa shape index (κ1) is 17.1. The van der Waals surface area contributed by atoms with Gasteiger partial charge in [0, 0.05) is 43.7 Å². The van der Waals surface area contributed by atoms with Crippen molar-refractivity contribution in [1.29, 1.82) is 0 Å². The normalized spacial score (nSPS) is 28.6. The zero-order chi connectivity index (χ0) is 17.6. The van der Waals surface area contributed by atoms with Crippen molar-refractivity contribution >= 4 is 27.3 Å². The van der Waals surface area contributed by atoms with Gasteiger partial charge >= 0.3 is 0 Å². The van der Waals surface area contributed by atoms with Crippen molar-refractivity contribution in [3.05, 3.63) is 28.8 Å². The zero-order valence-electron chi connectivity index (χ0n) is 13.9. The van der Waals surface area contributed by atoms with Crippen molar-refractivity contribution in [2.75, 3.05) is 37.7 Å². The van der Waals surface area contributed by atoms with E-state index in [0.29, 0.717) is 31.0 Å². The maximum Gasteiger partial charge on any atom is 0.264 e. The van der Waals surface area contributed by atoms with Gasteiger partial charge in [-0.05, 0) is 30.2 Å². The van der Waals surface area contributed by atoms with Crippen LogP contribution in [0.1, 0.15) is 12.0 Å². The first-order valence-electron chi connectivity index (χ1n) is 8.60. The fourth-order valence-corrected chi connectivity index (χ4v) is 5.89. The number of halogens is 1. The number of carbonyl (C=O) groups is 1. The Morgan fingerprint density at radius 2 is 1.96 bits per heavy atom. The highest BCUT2D eigenvalue weighted by Crippen LogP contribution is 2.32. The zero-order valence-corrected chi connectivity index (χ0v) is 15.4. The highest BCUT2D eigenvalue weighted by atomic mass is 35.5. The van der Waals surface area contributed by atoms with Crippen LogP contribution in [0.5, 0.6) is 5.75 Å². The van der Waals surface area contributed by atoms with E-state index in [0.717, 1.165) is 24.4 Å². The summed E-state index contributed by atoms with van der Waals surface area (Å²) in [5.41, 5.74) is 0.973. The lowest BCUT2D eigenvalue weighted by Crippen LogP contribution is -2.54. The molecule has 0 bridgehead atoms. The van der Waals surface area contributed by atoms with Gasteiger partial charge in [-0.15, -0.1) is 0 Å². The van der Waals surface area contributed by atoms with Crippen LogP contribution < -0.4 is 4.74 Å². The predicted molar refractivity (Wildman–Crippen MR) is 94.8 cm³/mol. The van der Waals surface area contributed by atoms with E-state index >= 15 is 0 Å². The van der Waals surface area contributed by atoms with Crippen LogP contribution in [0.2, 0.25) is 5.02 Å². The molecule has 0 spiro atoms. The Morgan fingerprint density at radius 1 is 1.20 bits per heavy atom. The maximum atomic E-state index is 12.7. The van der Waals surface area contributed by atoms with Gasteiger partial charge in [0.25, 0.3) is 5.91 Å². The van der Waals surface area contributed by atoms with E-state index < -0.39 is 15.9 Å². The third-order valence-corrected chi connectivity index (χ3v) is 7.31. The van der Waals surface area contributed by atoms with E-state index in [1.807, 2.05) is 17.0 Å². The van der Waals surface area contributed by atoms with Crippen LogP contribution in [-0.2, 0) is 21.1 Å². The average molecular weight is 385 g/mol. The molecule has 0 aromatic heterocycles. The molecule has 6 nitrogen and oxygen atoms in total. The van der Waals surface area contributed by atoms with E-state index in [1.165, 1.54) is 0 Å². The lowest BCUT2D eigenvalue weighted by Gasteiger charge is -2.38. The highest BCUT2D eigenvalue weighted by molar-refractivity contribution is 7.91. The van der Waals surface area contributed by atoms with Crippen LogP contribution in [0.15, 0.2) is 18.2 Å². The molecule has 0 N–H and O–H groups in total. The highest BCUT2D eigenvalue weighted by Gasteiger charge is 2.37. The van der Waals surface area contributed by atoms with Gasteiger partial charge in [0.15, 0.2) is 15.9 Å². The molecule has 2 fully saturated rings. The second-order valence-electron chi connectivity index (χ2n) is 6.98. The van der Waals surface area contributed by atoms with E-state index in [4.69, 9.17) is 16.3 Å². The van der Waals surface area contributed by atoms with Gasteiger partial charge in [-0.3, -0.25) is 9.69 Å². The molecule has 0 aliphatic carbocycles. The lowest BCUT2D eigenvalue weighted by molar-refractivity contribution is -0.140. The molecule has 2 saturated heterocycles. The monoisotopic (exact) mass is 384 g/mol. The van der Waals surface area contributed by atoms with E-state index in [1.54, 1.807) is 6.07 Å². The first-order chi connectivity index (χ1) is 11.9. The topological polar surface area (TPSA) is 66.9 Å². The second-order valence-corrected chi connectivity index (χ2v) is 9.65. The van der Waals surface area contributed by atoms with Crippen LogP contribution >= 0.6 is 11.6 Å². The number of hydrogen-bond acceptors (Lipinski definition) is 5. The van der Waals surface area contributed by atoms with Gasteiger partial charge in [0.05, 0.1) is 11.5 Å². The summed E-state index contributed by atoms with van der Waals surface area (Å²) in [7, 11) is -2.87. The summed E-state index contributed by atoms with van der Waals surface area (Å²) in [6, 6.07) is 5.53. The minimum absolute atomic E-state index is 0.00557. The Bertz CT molecular complexity index is 790. The quantitative estimate of drug-likeness (QED) is 0.760. The van der Waals surface area contributed by atoms with Crippen LogP contribution in [0, 0.1) is 0 Å². The molecule has 0 saturated carbocycles. The number of rotatable bonds is 2. The molecule has 0 unspecified atom stereocenters. The van der Waals surface area contributed by atoms with Gasteiger partial charge in [-0.1, -0.05) is 11.6 Å². The number of nitrogens with zero attached hydrogens (tertiary/aromatic N) is 2. The SMILES string of the molecule is O=C([C@H]1Cc2cc(Cl)ccc2O1)N1CCN([C@H]2CCS(=O)(=O)C2)CC1. The van der Waals surface area contributed by atoms with E-state index in [2.05, 4.69) is 4.90 Å². The van der Waals surface area contributed by atoms with Crippen LogP contribution in [0.4, 0.5) is 0 Å². The van der Waals surface area contributed by atoms with E-state index in [-0.39, 0.29) is 23.5 Å². The fraction of sp³-hybridized carbons (Fsp3) is 0.588. The maximum absolute atomic E-state index is 12.7. The molecule has 136 valence electrons. The molecular formula is C17H21ClN2O4S. The molecule has 25 heavy (non-hydrogen) atoms. The second kappa shape index (κ2) is 6.45. The summed E-state index contributed by atoms with van der Waals surface area (Å²) in [5, 5.41) is 0.649. The molecule has 3 heterocycles. The molecule has 1 amide bonds. The minimum atomic E-state index is -2.87. The van der Waals surface area contributed by atoms with Gasteiger partial charge in [-0.2, -0.15) is 0 Å². The Morgan fingerprint density at radius 3 is 2.64 bits per heavy atom. The number of ether oxygens (including phenoxy) is 1. The number of piperazine rings is 1. The molecule has 1 aromatic rings. The molecule has 0 radical (unpaired) electrons. The predicted octanol–water partition coefficient (Wildman–Crippen LogP) is 0.975. The molecule has 2 atom stereocenters. The Balaban J connectivity index is 1.33. The number of amides is 1. The summed E-state index contributed by atoms with van der Waals surface area (Å²) < 4.78 is 29.1. The first-order valence-corrected chi connectivity index (χ1v) is 10.8. The third kappa shape index (κ3) is 3.50. The van der Waals surface area contributed by atoms with Crippen molar-refractivity contribution in [2.45, 2.75) is 25.0 Å². The third-order valence-electron chi connectivity index (χ3n) is 5.32. The van der Waals surface area contributed by atoms with Crippen molar-refractivity contribution < 1.29 is 17.9 Å². The van der Waals surface area contributed by atoms with Crippen LogP contribution in [0.3, 0.4) is 0 Å². The molecule has 3 aliphatic heterocycles. The number of benzene rings is 1. The summed E-state index contributed by atoms with van der Waals surface area (Å²) in [4.78, 5) is 16.8.